The summed E-state index contributed by atoms with van der Waals surface area (Å²) in [6.07, 6.45) is 0. The SMILES string of the molecule is CCN(CC)CCN(C(=O)c1cc(OC)c(OC)c(OC)c1)c1nc2ccccc2s1.Cl. The van der Waals surface area contributed by atoms with Crippen LogP contribution in [-0.4, -0.2) is 63.3 Å². The summed E-state index contributed by atoms with van der Waals surface area (Å²) in [5.74, 6) is 1.18. The molecule has 9 heteroatoms. The molecule has 1 aromatic heterocycles. The van der Waals surface area contributed by atoms with Crippen LogP contribution in [0.25, 0.3) is 10.2 Å². The van der Waals surface area contributed by atoms with Crippen LogP contribution in [0.4, 0.5) is 5.13 Å². The van der Waals surface area contributed by atoms with E-state index in [9.17, 15) is 4.79 Å². The summed E-state index contributed by atoms with van der Waals surface area (Å²) in [5.41, 5.74) is 1.33. The first-order valence-electron chi connectivity index (χ1n) is 10.3. The molecule has 174 valence electrons. The van der Waals surface area contributed by atoms with Crippen molar-refractivity contribution >= 4 is 45.0 Å². The number of aromatic nitrogens is 1. The van der Waals surface area contributed by atoms with Gasteiger partial charge in [0.05, 0.1) is 31.5 Å². The first-order chi connectivity index (χ1) is 15.1. The molecule has 0 unspecified atom stereocenters. The number of rotatable bonds is 10. The van der Waals surface area contributed by atoms with Gasteiger partial charge < -0.3 is 19.1 Å². The standard InChI is InChI=1S/C23H29N3O4S.ClH/c1-6-25(7-2)12-13-26(23-24-17-10-8-9-11-20(17)31-23)22(27)16-14-18(28-3)21(30-5)19(15-16)29-4;/h8-11,14-15H,6-7,12-13H2,1-5H3;1H. The molecule has 0 saturated carbocycles. The third-order valence-corrected chi connectivity index (χ3v) is 6.26. The van der Waals surface area contributed by atoms with Crippen molar-refractivity contribution in [1.82, 2.24) is 9.88 Å². The number of thiazole rings is 1. The van der Waals surface area contributed by atoms with Gasteiger partial charge in [0.25, 0.3) is 5.91 Å². The monoisotopic (exact) mass is 479 g/mol. The number of nitrogens with zero attached hydrogens (tertiary/aromatic N) is 3. The number of carbonyl (C=O) groups excluding carboxylic acids is 1. The minimum Gasteiger partial charge on any atom is -0.493 e. The summed E-state index contributed by atoms with van der Waals surface area (Å²) in [6.45, 7) is 7.35. The normalized spacial score (nSPS) is 10.7. The number of likely N-dealkylation sites (N-methyl/N-ethyl adjacent to an activating group) is 1. The molecule has 2 aromatic carbocycles. The largest absolute Gasteiger partial charge is 0.493 e. The molecular weight excluding hydrogens is 450 g/mol. The number of carbonyl (C=O) groups is 1. The Morgan fingerprint density at radius 1 is 0.969 bits per heavy atom. The van der Waals surface area contributed by atoms with Gasteiger partial charge in [-0.05, 0) is 37.4 Å². The van der Waals surface area contributed by atoms with E-state index in [1.54, 1.807) is 24.1 Å². The summed E-state index contributed by atoms with van der Waals surface area (Å²) in [7, 11) is 4.62. The highest BCUT2D eigenvalue weighted by molar-refractivity contribution is 7.22. The second kappa shape index (κ2) is 11.9. The number of para-hydroxylation sites is 1. The highest BCUT2D eigenvalue weighted by atomic mass is 35.5. The molecule has 1 heterocycles. The highest BCUT2D eigenvalue weighted by Gasteiger charge is 2.25. The van der Waals surface area contributed by atoms with E-state index in [0.717, 1.165) is 29.9 Å². The van der Waals surface area contributed by atoms with E-state index >= 15 is 0 Å². The average molecular weight is 480 g/mol. The van der Waals surface area contributed by atoms with Crippen molar-refractivity contribution in [1.29, 1.82) is 0 Å². The predicted octanol–water partition coefficient (Wildman–Crippen LogP) is 4.73. The molecule has 3 aromatic rings. The van der Waals surface area contributed by atoms with Crippen LogP contribution in [-0.2, 0) is 0 Å². The minimum absolute atomic E-state index is 0. The Balaban J connectivity index is 0.00000363. The van der Waals surface area contributed by atoms with Crippen molar-refractivity contribution in [2.75, 3.05) is 52.4 Å². The van der Waals surface area contributed by atoms with E-state index in [-0.39, 0.29) is 18.3 Å². The number of halogens is 1. The van der Waals surface area contributed by atoms with Gasteiger partial charge in [-0.3, -0.25) is 9.69 Å². The van der Waals surface area contributed by atoms with Crippen LogP contribution in [0.2, 0.25) is 0 Å². The zero-order valence-electron chi connectivity index (χ0n) is 19.1. The van der Waals surface area contributed by atoms with Crippen LogP contribution in [0.5, 0.6) is 17.2 Å². The van der Waals surface area contributed by atoms with E-state index in [0.29, 0.717) is 34.5 Å². The molecule has 0 radical (unpaired) electrons. The fraction of sp³-hybridized carbons (Fsp3) is 0.391. The number of fused-ring (bicyclic) bond motifs is 1. The van der Waals surface area contributed by atoms with Crippen molar-refractivity contribution in [3.8, 4) is 17.2 Å². The molecule has 1 amide bonds. The van der Waals surface area contributed by atoms with E-state index in [1.807, 2.05) is 24.3 Å². The molecule has 0 aliphatic rings. The van der Waals surface area contributed by atoms with Gasteiger partial charge in [0.1, 0.15) is 0 Å². The maximum Gasteiger partial charge on any atom is 0.260 e. The van der Waals surface area contributed by atoms with Crippen molar-refractivity contribution < 1.29 is 19.0 Å². The lowest BCUT2D eigenvalue weighted by molar-refractivity contribution is 0.0983. The Morgan fingerprint density at radius 3 is 2.12 bits per heavy atom. The van der Waals surface area contributed by atoms with E-state index in [2.05, 4.69) is 18.7 Å². The molecule has 0 fully saturated rings. The Morgan fingerprint density at radius 2 is 1.59 bits per heavy atom. The number of amides is 1. The number of ether oxygens (including phenoxy) is 3. The third-order valence-electron chi connectivity index (χ3n) is 5.20. The van der Waals surface area contributed by atoms with E-state index < -0.39 is 0 Å². The Kier molecular flexibility index (Phi) is 9.56. The van der Waals surface area contributed by atoms with Crippen LogP contribution < -0.4 is 19.1 Å². The molecular formula is C23H30ClN3O4S. The number of hydrogen-bond acceptors (Lipinski definition) is 7. The smallest absolute Gasteiger partial charge is 0.260 e. The number of methoxy groups -OCH3 is 3. The first kappa shape index (κ1) is 25.7. The summed E-state index contributed by atoms with van der Waals surface area (Å²) in [6, 6.07) is 11.3. The zero-order chi connectivity index (χ0) is 22.4. The number of benzene rings is 2. The Bertz CT molecular complexity index is 981. The topological polar surface area (TPSA) is 64.1 Å². The highest BCUT2D eigenvalue weighted by Crippen LogP contribution is 2.39. The fourth-order valence-electron chi connectivity index (χ4n) is 3.40. The van der Waals surface area contributed by atoms with Crippen LogP contribution >= 0.6 is 23.7 Å². The van der Waals surface area contributed by atoms with Crippen LogP contribution in [0, 0.1) is 0 Å². The van der Waals surface area contributed by atoms with Crippen molar-refractivity contribution in [2.45, 2.75) is 13.8 Å². The molecule has 7 nitrogen and oxygen atoms in total. The van der Waals surface area contributed by atoms with Crippen molar-refractivity contribution in [3.63, 3.8) is 0 Å². The van der Waals surface area contributed by atoms with Gasteiger partial charge in [-0.1, -0.05) is 37.3 Å². The average Bonchev–Trinajstić information content (AvgIpc) is 3.24. The van der Waals surface area contributed by atoms with Gasteiger partial charge in [0.15, 0.2) is 16.6 Å². The summed E-state index contributed by atoms with van der Waals surface area (Å²) in [4.78, 5) is 22.4. The van der Waals surface area contributed by atoms with Gasteiger partial charge in [-0.15, -0.1) is 12.4 Å². The van der Waals surface area contributed by atoms with Gasteiger partial charge in [0, 0.05) is 18.7 Å². The first-order valence-corrected chi connectivity index (χ1v) is 11.1. The molecule has 0 aliphatic carbocycles. The Labute approximate surface area is 199 Å². The number of anilines is 1. The lowest BCUT2D eigenvalue weighted by Gasteiger charge is -2.25. The maximum atomic E-state index is 13.7. The van der Waals surface area contributed by atoms with Gasteiger partial charge in [-0.25, -0.2) is 4.98 Å². The zero-order valence-corrected chi connectivity index (χ0v) is 20.7. The lowest BCUT2D eigenvalue weighted by atomic mass is 10.1. The van der Waals surface area contributed by atoms with E-state index in [4.69, 9.17) is 19.2 Å². The Hall–Kier alpha value is -2.55. The fourth-order valence-corrected chi connectivity index (χ4v) is 4.39. The van der Waals surface area contributed by atoms with Gasteiger partial charge in [0.2, 0.25) is 5.75 Å². The molecule has 0 aliphatic heterocycles. The van der Waals surface area contributed by atoms with E-state index in [1.165, 1.54) is 25.6 Å². The van der Waals surface area contributed by atoms with Gasteiger partial charge >= 0.3 is 0 Å². The molecule has 32 heavy (non-hydrogen) atoms. The quantitative estimate of drug-likeness (QED) is 0.418. The molecule has 3 rings (SSSR count). The summed E-state index contributed by atoms with van der Waals surface area (Å²) >= 11 is 1.51. The third kappa shape index (κ3) is 5.43. The van der Waals surface area contributed by atoms with Crippen LogP contribution in [0.1, 0.15) is 24.2 Å². The minimum atomic E-state index is -0.162. The maximum absolute atomic E-state index is 13.7. The molecule has 0 saturated heterocycles. The van der Waals surface area contributed by atoms with Crippen molar-refractivity contribution in [2.24, 2.45) is 0 Å². The lowest BCUT2D eigenvalue weighted by Crippen LogP contribution is -2.38. The van der Waals surface area contributed by atoms with Gasteiger partial charge in [-0.2, -0.15) is 0 Å². The predicted molar refractivity (Wildman–Crippen MR) is 132 cm³/mol. The molecule has 0 N–H and O–H groups in total. The molecule has 0 bridgehead atoms. The van der Waals surface area contributed by atoms with Crippen LogP contribution in [0.15, 0.2) is 36.4 Å². The van der Waals surface area contributed by atoms with Crippen molar-refractivity contribution in [3.05, 3.63) is 42.0 Å². The second-order valence-electron chi connectivity index (χ2n) is 6.86. The summed E-state index contributed by atoms with van der Waals surface area (Å²) in [5, 5.41) is 0.673. The molecule has 0 atom stereocenters. The number of hydrogen-bond donors (Lipinski definition) is 0. The second-order valence-corrected chi connectivity index (χ2v) is 7.87. The molecule has 0 spiro atoms. The summed E-state index contributed by atoms with van der Waals surface area (Å²) < 4.78 is 17.3. The van der Waals surface area contributed by atoms with Crippen LogP contribution in [0.3, 0.4) is 0 Å².